The zero-order valence-corrected chi connectivity index (χ0v) is 17.4. The molecular weight excluding hydrogens is 326 g/mol. The topological polar surface area (TPSA) is 36.4 Å². The number of hydrogen-bond acceptors (Lipinski definition) is 4. The zero-order chi connectivity index (χ0) is 18.4. The minimum atomic E-state index is 0.0540. The molecule has 0 bridgehead atoms. The van der Waals surface area contributed by atoms with Crippen molar-refractivity contribution in [2.24, 2.45) is 15.8 Å². The molecule has 25 heavy (non-hydrogen) atoms. The van der Waals surface area contributed by atoms with Crippen LogP contribution in [0.4, 0.5) is 5.69 Å². The number of hydrogen-bond donors (Lipinski definition) is 2. The SMILES string of the molecule is Cc1c(CC(C)(C)C)ccc2c3c(sc12)C(NCC(C)(C)C)N=CN3. The lowest BCUT2D eigenvalue weighted by Crippen LogP contribution is -2.31. The molecule has 1 aliphatic heterocycles. The van der Waals surface area contributed by atoms with Crippen LogP contribution in [0.2, 0.25) is 0 Å². The Kier molecular flexibility index (Phi) is 4.71. The summed E-state index contributed by atoms with van der Waals surface area (Å²) < 4.78 is 1.40. The lowest BCUT2D eigenvalue weighted by molar-refractivity contribution is 0.357. The second-order valence-electron chi connectivity index (χ2n) is 9.57. The Hall–Kier alpha value is -1.39. The molecule has 0 aliphatic carbocycles. The van der Waals surface area contributed by atoms with Crippen LogP contribution in [0.15, 0.2) is 17.1 Å². The molecule has 1 unspecified atom stereocenters. The Balaban J connectivity index is 1.99. The third kappa shape index (κ3) is 4.06. The van der Waals surface area contributed by atoms with Crippen molar-refractivity contribution in [3.63, 3.8) is 0 Å². The third-order valence-electron chi connectivity index (χ3n) is 4.47. The highest BCUT2D eigenvalue weighted by atomic mass is 32.1. The molecule has 0 fully saturated rings. The number of fused-ring (bicyclic) bond motifs is 3. The highest BCUT2D eigenvalue weighted by Gasteiger charge is 2.25. The number of aliphatic imine (C=N–C) groups is 1. The van der Waals surface area contributed by atoms with E-state index in [4.69, 9.17) is 0 Å². The quantitative estimate of drug-likeness (QED) is 0.719. The van der Waals surface area contributed by atoms with Crippen LogP contribution in [0.3, 0.4) is 0 Å². The van der Waals surface area contributed by atoms with Crippen molar-refractivity contribution in [1.82, 2.24) is 5.32 Å². The third-order valence-corrected chi connectivity index (χ3v) is 5.85. The van der Waals surface area contributed by atoms with E-state index < -0.39 is 0 Å². The molecule has 136 valence electrons. The van der Waals surface area contributed by atoms with Gasteiger partial charge in [0.1, 0.15) is 6.17 Å². The van der Waals surface area contributed by atoms with E-state index in [1.165, 1.54) is 31.8 Å². The first-order valence-electron chi connectivity index (χ1n) is 9.12. The van der Waals surface area contributed by atoms with Crippen molar-refractivity contribution < 1.29 is 0 Å². The Bertz CT molecular complexity index is 803. The van der Waals surface area contributed by atoms with E-state index in [9.17, 15) is 0 Å². The smallest absolute Gasteiger partial charge is 0.138 e. The fourth-order valence-electron chi connectivity index (χ4n) is 3.25. The van der Waals surface area contributed by atoms with Crippen LogP contribution in [-0.4, -0.2) is 12.9 Å². The molecule has 1 aliphatic rings. The molecule has 0 amide bonds. The molecule has 4 heteroatoms. The summed E-state index contributed by atoms with van der Waals surface area (Å²) in [5.41, 5.74) is 4.65. The van der Waals surface area contributed by atoms with E-state index in [1.807, 2.05) is 17.7 Å². The van der Waals surface area contributed by atoms with Gasteiger partial charge in [-0.25, -0.2) is 0 Å². The molecule has 2 aromatic rings. The maximum atomic E-state index is 4.64. The first-order valence-corrected chi connectivity index (χ1v) is 9.93. The van der Waals surface area contributed by atoms with Crippen LogP contribution >= 0.6 is 11.3 Å². The van der Waals surface area contributed by atoms with E-state index in [1.54, 1.807) is 0 Å². The van der Waals surface area contributed by atoms with Crippen LogP contribution in [0.25, 0.3) is 10.1 Å². The van der Waals surface area contributed by atoms with E-state index in [0.29, 0.717) is 5.41 Å². The van der Waals surface area contributed by atoms with Gasteiger partial charge in [0.05, 0.1) is 16.9 Å². The first-order chi connectivity index (χ1) is 11.6. The number of thiophene rings is 1. The van der Waals surface area contributed by atoms with Crippen LogP contribution < -0.4 is 10.6 Å². The van der Waals surface area contributed by atoms with Gasteiger partial charge in [-0.1, -0.05) is 53.7 Å². The van der Waals surface area contributed by atoms with Crippen molar-refractivity contribution >= 4 is 33.4 Å². The molecule has 2 N–H and O–H groups in total. The van der Waals surface area contributed by atoms with Crippen molar-refractivity contribution in [2.45, 2.75) is 61.1 Å². The maximum Gasteiger partial charge on any atom is 0.138 e. The Labute approximate surface area is 155 Å². The molecule has 1 aromatic heterocycles. The molecule has 0 spiro atoms. The average Bonchev–Trinajstić information content (AvgIpc) is 2.86. The van der Waals surface area contributed by atoms with Crippen molar-refractivity contribution in [3.8, 4) is 0 Å². The lowest BCUT2D eigenvalue weighted by Gasteiger charge is -2.24. The predicted molar refractivity (Wildman–Crippen MR) is 112 cm³/mol. The van der Waals surface area contributed by atoms with Crippen LogP contribution in [0, 0.1) is 17.8 Å². The molecule has 3 nitrogen and oxygen atoms in total. The number of nitrogens with one attached hydrogen (secondary N) is 2. The second kappa shape index (κ2) is 6.40. The molecule has 0 saturated heterocycles. The predicted octanol–water partition coefficient (Wildman–Crippen LogP) is 5.89. The first kappa shape index (κ1) is 18.4. The fraction of sp³-hybridized carbons (Fsp3) is 0.571. The normalized spacial score (nSPS) is 17.6. The van der Waals surface area contributed by atoms with E-state index >= 15 is 0 Å². The summed E-state index contributed by atoms with van der Waals surface area (Å²) in [6, 6.07) is 4.59. The number of nitrogens with zero attached hydrogens (tertiary/aromatic N) is 1. The summed E-state index contributed by atoms with van der Waals surface area (Å²) in [6.45, 7) is 16.9. The van der Waals surface area contributed by atoms with E-state index in [0.717, 1.165) is 13.0 Å². The molecular formula is C21H31N3S. The number of anilines is 1. The Morgan fingerprint density at radius 2 is 1.84 bits per heavy atom. The van der Waals surface area contributed by atoms with Gasteiger partial charge in [0, 0.05) is 16.6 Å². The van der Waals surface area contributed by atoms with Gasteiger partial charge in [0.25, 0.3) is 0 Å². The lowest BCUT2D eigenvalue weighted by atomic mass is 9.86. The second-order valence-corrected chi connectivity index (χ2v) is 10.6. The largest absolute Gasteiger partial charge is 0.345 e. The molecule has 0 saturated carbocycles. The molecule has 2 heterocycles. The maximum absolute atomic E-state index is 4.64. The standard InChI is InChI=1S/C21H31N3S/c1-13-14(10-20(2,3)4)8-9-15-16-18(25-17(13)15)19(24-12-23-16)22-11-21(5,6)7/h8-9,12,19,22H,10-11H2,1-7H3,(H,23,24). The van der Waals surface area contributed by atoms with Gasteiger partial charge in [-0.15, -0.1) is 11.3 Å². The monoisotopic (exact) mass is 357 g/mol. The average molecular weight is 358 g/mol. The van der Waals surface area contributed by atoms with Gasteiger partial charge >= 0.3 is 0 Å². The summed E-state index contributed by atoms with van der Waals surface area (Å²) >= 11 is 1.89. The summed E-state index contributed by atoms with van der Waals surface area (Å²) in [5.74, 6) is 0. The minimum absolute atomic E-state index is 0.0540. The summed E-state index contributed by atoms with van der Waals surface area (Å²) in [5, 5.41) is 8.33. The minimum Gasteiger partial charge on any atom is -0.345 e. The highest BCUT2D eigenvalue weighted by Crippen LogP contribution is 2.44. The molecule has 3 rings (SSSR count). The summed E-state index contributed by atoms with van der Waals surface area (Å²) in [4.78, 5) is 5.95. The zero-order valence-electron chi connectivity index (χ0n) is 16.6. The van der Waals surface area contributed by atoms with Crippen molar-refractivity contribution in [3.05, 3.63) is 28.1 Å². The van der Waals surface area contributed by atoms with Gasteiger partial charge in [-0.2, -0.15) is 0 Å². The van der Waals surface area contributed by atoms with Crippen LogP contribution in [-0.2, 0) is 6.42 Å². The van der Waals surface area contributed by atoms with Gasteiger partial charge in [0.2, 0.25) is 0 Å². The molecule has 0 radical (unpaired) electrons. The highest BCUT2D eigenvalue weighted by molar-refractivity contribution is 7.20. The molecule has 1 atom stereocenters. The van der Waals surface area contributed by atoms with Crippen molar-refractivity contribution in [1.29, 1.82) is 0 Å². The number of rotatable bonds is 3. The Morgan fingerprint density at radius 1 is 1.12 bits per heavy atom. The number of aryl methyl sites for hydroxylation is 1. The van der Waals surface area contributed by atoms with Crippen LogP contribution in [0.5, 0.6) is 0 Å². The van der Waals surface area contributed by atoms with Gasteiger partial charge in [-0.05, 0) is 35.3 Å². The van der Waals surface area contributed by atoms with E-state index in [-0.39, 0.29) is 11.6 Å². The fourth-order valence-corrected chi connectivity index (χ4v) is 4.56. The van der Waals surface area contributed by atoms with Gasteiger partial charge in [-0.3, -0.25) is 10.3 Å². The summed E-state index contributed by atoms with van der Waals surface area (Å²) in [7, 11) is 0. The van der Waals surface area contributed by atoms with Gasteiger partial charge < -0.3 is 5.32 Å². The number of benzene rings is 1. The summed E-state index contributed by atoms with van der Waals surface area (Å²) in [6.07, 6.45) is 3.00. The Morgan fingerprint density at radius 3 is 2.48 bits per heavy atom. The van der Waals surface area contributed by atoms with Gasteiger partial charge in [0.15, 0.2) is 0 Å². The van der Waals surface area contributed by atoms with Crippen molar-refractivity contribution in [2.75, 3.05) is 11.9 Å². The van der Waals surface area contributed by atoms with E-state index in [2.05, 4.69) is 76.2 Å². The van der Waals surface area contributed by atoms with Crippen LogP contribution in [0.1, 0.15) is 63.7 Å². The molecule has 1 aromatic carbocycles.